The predicted molar refractivity (Wildman–Crippen MR) is 48.6 cm³/mol. The van der Waals surface area contributed by atoms with Crippen molar-refractivity contribution in [1.29, 1.82) is 0 Å². The molecule has 0 saturated heterocycles. The normalized spacial score (nSPS) is 12.6. The van der Waals surface area contributed by atoms with Gasteiger partial charge in [0.25, 0.3) is 0 Å². The first-order valence-corrected chi connectivity index (χ1v) is 3.44. The van der Waals surface area contributed by atoms with Gasteiger partial charge in [-0.15, -0.1) is 0 Å². The van der Waals surface area contributed by atoms with Crippen LogP contribution in [0.1, 0.15) is 6.92 Å². The standard InChI is InChI=1S/C7H9ClN2O2/c1-5(8)10-4-6(9-2)7(11)12-3/h4H,2H2,1,3H3/b6-4-,10-5?. The van der Waals surface area contributed by atoms with Crippen LogP contribution in [-0.4, -0.2) is 25.0 Å². The first-order valence-electron chi connectivity index (χ1n) is 3.07. The molecule has 0 aromatic heterocycles. The molecule has 0 saturated carbocycles. The average Bonchev–Trinajstić information content (AvgIpc) is 2.04. The van der Waals surface area contributed by atoms with Crippen molar-refractivity contribution in [1.82, 2.24) is 0 Å². The van der Waals surface area contributed by atoms with E-state index in [0.29, 0.717) is 5.17 Å². The van der Waals surface area contributed by atoms with Gasteiger partial charge in [-0.3, -0.25) is 4.99 Å². The first-order chi connectivity index (χ1) is 5.61. The molecule has 5 heteroatoms. The lowest BCUT2D eigenvalue weighted by molar-refractivity contribution is -0.136. The fraction of sp³-hybridized carbons (Fsp3) is 0.286. The van der Waals surface area contributed by atoms with E-state index >= 15 is 0 Å². The Hall–Kier alpha value is -1.16. The lowest BCUT2D eigenvalue weighted by Crippen LogP contribution is -2.01. The van der Waals surface area contributed by atoms with Crippen LogP contribution in [0.15, 0.2) is 21.9 Å². The van der Waals surface area contributed by atoms with Gasteiger partial charge in [-0.1, -0.05) is 11.6 Å². The third kappa shape index (κ3) is 3.88. The molecular formula is C7H9ClN2O2. The summed E-state index contributed by atoms with van der Waals surface area (Å²) < 4.78 is 4.38. The SMILES string of the molecule is C=N/C(=C\N=C(C)Cl)C(=O)OC. The number of carbonyl (C=O) groups is 1. The highest BCUT2D eigenvalue weighted by Crippen LogP contribution is 1.99. The van der Waals surface area contributed by atoms with Gasteiger partial charge in [-0.2, -0.15) is 0 Å². The van der Waals surface area contributed by atoms with E-state index in [2.05, 4.69) is 21.4 Å². The molecule has 0 fully saturated rings. The molecule has 0 aliphatic heterocycles. The van der Waals surface area contributed by atoms with Crippen LogP contribution in [0.4, 0.5) is 0 Å². The minimum absolute atomic E-state index is 0.0255. The second-order valence-corrected chi connectivity index (χ2v) is 2.34. The smallest absolute Gasteiger partial charge is 0.358 e. The van der Waals surface area contributed by atoms with E-state index in [0.717, 1.165) is 0 Å². The van der Waals surface area contributed by atoms with Crippen LogP contribution in [0.25, 0.3) is 0 Å². The third-order valence-electron chi connectivity index (χ3n) is 0.930. The van der Waals surface area contributed by atoms with Gasteiger partial charge in [0.2, 0.25) is 0 Å². The van der Waals surface area contributed by atoms with Gasteiger partial charge in [-0.25, -0.2) is 9.79 Å². The van der Waals surface area contributed by atoms with E-state index in [9.17, 15) is 4.79 Å². The summed E-state index contributed by atoms with van der Waals surface area (Å²) in [5, 5.41) is 0.306. The highest BCUT2D eigenvalue weighted by atomic mass is 35.5. The minimum atomic E-state index is -0.591. The second-order valence-electron chi connectivity index (χ2n) is 1.79. The maximum Gasteiger partial charge on any atom is 0.358 e. The number of rotatable bonds is 3. The first kappa shape index (κ1) is 10.8. The Kier molecular flexibility index (Phi) is 4.96. The Balaban J connectivity index is 4.55. The van der Waals surface area contributed by atoms with Crippen molar-refractivity contribution >= 4 is 29.5 Å². The molecule has 0 N–H and O–H groups in total. The number of hydrogen-bond donors (Lipinski definition) is 0. The van der Waals surface area contributed by atoms with Crippen LogP contribution in [0.3, 0.4) is 0 Å². The molecule has 0 aliphatic rings. The van der Waals surface area contributed by atoms with E-state index in [1.54, 1.807) is 6.92 Å². The summed E-state index contributed by atoms with van der Waals surface area (Å²) in [7, 11) is 1.25. The predicted octanol–water partition coefficient (Wildman–Crippen LogP) is 1.36. The number of hydrogen-bond acceptors (Lipinski definition) is 4. The number of ether oxygens (including phenoxy) is 1. The maximum atomic E-state index is 10.8. The molecule has 0 aliphatic carbocycles. The summed E-state index contributed by atoms with van der Waals surface area (Å²) in [5.74, 6) is -0.591. The van der Waals surface area contributed by atoms with Gasteiger partial charge in [0.15, 0.2) is 5.70 Å². The van der Waals surface area contributed by atoms with Crippen LogP contribution < -0.4 is 0 Å². The molecule has 66 valence electrons. The van der Waals surface area contributed by atoms with E-state index in [1.165, 1.54) is 13.3 Å². The highest BCUT2D eigenvalue weighted by Gasteiger charge is 2.05. The zero-order chi connectivity index (χ0) is 9.56. The summed E-state index contributed by atoms with van der Waals surface area (Å²) >= 11 is 5.42. The quantitative estimate of drug-likeness (QED) is 0.382. The van der Waals surface area contributed by atoms with Crippen molar-refractivity contribution in [3.63, 3.8) is 0 Å². The number of aliphatic imine (C=N–C) groups is 2. The molecule has 0 spiro atoms. The molecule has 0 amide bonds. The van der Waals surface area contributed by atoms with Crippen molar-refractivity contribution < 1.29 is 9.53 Å². The molecule has 0 aromatic carbocycles. The Bertz CT molecular complexity index is 242. The highest BCUT2D eigenvalue weighted by molar-refractivity contribution is 6.64. The molecule has 0 rings (SSSR count). The summed E-state index contributed by atoms with van der Waals surface area (Å²) in [6, 6.07) is 0. The van der Waals surface area contributed by atoms with Crippen LogP contribution in [-0.2, 0) is 9.53 Å². The van der Waals surface area contributed by atoms with Gasteiger partial charge in [0.05, 0.1) is 13.3 Å². The summed E-state index contributed by atoms with van der Waals surface area (Å²) in [6.45, 7) is 4.76. The van der Waals surface area contributed by atoms with Gasteiger partial charge in [0.1, 0.15) is 5.17 Å². The summed E-state index contributed by atoms with van der Waals surface area (Å²) in [4.78, 5) is 17.9. The van der Waals surface area contributed by atoms with Crippen molar-refractivity contribution in [3.05, 3.63) is 11.9 Å². The lowest BCUT2D eigenvalue weighted by atomic mass is 10.5. The van der Waals surface area contributed by atoms with Crippen LogP contribution in [0, 0.1) is 0 Å². The van der Waals surface area contributed by atoms with Gasteiger partial charge >= 0.3 is 5.97 Å². The molecular weight excluding hydrogens is 180 g/mol. The molecule has 0 bridgehead atoms. The maximum absolute atomic E-state index is 10.8. The topological polar surface area (TPSA) is 51.0 Å². The number of halogens is 1. The zero-order valence-corrected chi connectivity index (χ0v) is 7.63. The fourth-order valence-electron chi connectivity index (χ4n) is 0.413. The zero-order valence-electron chi connectivity index (χ0n) is 6.87. The molecule has 0 atom stereocenters. The number of esters is 1. The van der Waals surface area contributed by atoms with Gasteiger partial charge < -0.3 is 4.74 Å². The van der Waals surface area contributed by atoms with E-state index < -0.39 is 5.97 Å². The third-order valence-corrected chi connectivity index (χ3v) is 1.03. The van der Waals surface area contributed by atoms with Crippen molar-refractivity contribution in [2.45, 2.75) is 6.92 Å². The van der Waals surface area contributed by atoms with Crippen LogP contribution in [0.5, 0.6) is 0 Å². The monoisotopic (exact) mass is 188 g/mol. The largest absolute Gasteiger partial charge is 0.464 e. The van der Waals surface area contributed by atoms with Gasteiger partial charge in [0, 0.05) is 0 Å². The molecule has 0 aromatic rings. The van der Waals surface area contributed by atoms with Crippen molar-refractivity contribution in [2.24, 2.45) is 9.98 Å². The molecule has 0 heterocycles. The van der Waals surface area contributed by atoms with Crippen molar-refractivity contribution in [2.75, 3.05) is 7.11 Å². The summed E-state index contributed by atoms with van der Waals surface area (Å²) in [5.41, 5.74) is 0.0255. The van der Waals surface area contributed by atoms with Crippen LogP contribution in [0.2, 0.25) is 0 Å². The van der Waals surface area contributed by atoms with E-state index in [4.69, 9.17) is 11.6 Å². The van der Waals surface area contributed by atoms with Gasteiger partial charge in [-0.05, 0) is 13.6 Å². The van der Waals surface area contributed by atoms with E-state index in [1.807, 2.05) is 0 Å². The fourth-order valence-corrected chi connectivity index (χ4v) is 0.462. The van der Waals surface area contributed by atoms with E-state index in [-0.39, 0.29) is 5.70 Å². The van der Waals surface area contributed by atoms with Crippen molar-refractivity contribution in [3.8, 4) is 0 Å². The Morgan fingerprint density at radius 3 is 2.58 bits per heavy atom. The molecule has 4 nitrogen and oxygen atoms in total. The number of carbonyl (C=O) groups excluding carboxylic acids is 1. The summed E-state index contributed by atoms with van der Waals surface area (Å²) in [6.07, 6.45) is 1.20. The number of methoxy groups -OCH3 is 1. The Morgan fingerprint density at radius 2 is 2.25 bits per heavy atom. The molecule has 12 heavy (non-hydrogen) atoms. The lowest BCUT2D eigenvalue weighted by Gasteiger charge is -1.95. The Labute approximate surface area is 75.6 Å². The molecule has 0 unspecified atom stereocenters. The average molecular weight is 189 g/mol. The molecule has 0 radical (unpaired) electrons. The Morgan fingerprint density at radius 1 is 1.67 bits per heavy atom. The minimum Gasteiger partial charge on any atom is -0.464 e. The second kappa shape index (κ2) is 5.49. The number of nitrogens with zero attached hydrogens (tertiary/aromatic N) is 2. The van der Waals surface area contributed by atoms with Crippen LogP contribution >= 0.6 is 11.6 Å².